The van der Waals surface area contributed by atoms with E-state index < -0.39 is 6.10 Å². The van der Waals surface area contributed by atoms with Gasteiger partial charge < -0.3 is 14.2 Å². The first kappa shape index (κ1) is 71.4. The van der Waals surface area contributed by atoms with E-state index in [0.717, 1.165) is 63.7 Å². The van der Waals surface area contributed by atoms with Crippen LogP contribution in [0, 0.1) is 5.92 Å². The summed E-state index contributed by atoms with van der Waals surface area (Å²) in [6.07, 6.45) is 69.6. The molecule has 73 heavy (non-hydrogen) atoms. The maximum Gasteiger partial charge on any atom is 0.306 e. The molecule has 0 saturated carbocycles. The van der Waals surface area contributed by atoms with Crippen molar-refractivity contribution in [2.24, 2.45) is 5.92 Å². The van der Waals surface area contributed by atoms with E-state index in [-0.39, 0.29) is 31.1 Å². The SMILES string of the molecule is CCCCCCCCCCCCCCCCCCCCCC(=O)O[C@@H](COC(=O)CCCCCCCCCCCCCCCCCCCC)COC(=O)CCCCCCCCCCCCCCCCC(C)CC. The first-order valence-electron chi connectivity index (χ1n) is 33.4. The van der Waals surface area contributed by atoms with Gasteiger partial charge in [0, 0.05) is 19.3 Å². The maximum atomic E-state index is 12.9. The van der Waals surface area contributed by atoms with E-state index in [0.29, 0.717) is 19.3 Å². The van der Waals surface area contributed by atoms with Crippen LogP contribution >= 0.6 is 0 Å². The molecule has 0 amide bonds. The molecule has 0 aromatic carbocycles. The third-order valence-corrected chi connectivity index (χ3v) is 15.9. The predicted octanol–water partition coefficient (Wildman–Crippen LogP) is 22.5. The summed E-state index contributed by atoms with van der Waals surface area (Å²) in [7, 11) is 0. The van der Waals surface area contributed by atoms with Crippen molar-refractivity contribution in [3.63, 3.8) is 0 Å². The van der Waals surface area contributed by atoms with Crippen LogP contribution in [0.1, 0.15) is 387 Å². The van der Waals surface area contributed by atoms with Crippen molar-refractivity contribution >= 4 is 17.9 Å². The van der Waals surface area contributed by atoms with Gasteiger partial charge in [0.05, 0.1) is 0 Å². The summed E-state index contributed by atoms with van der Waals surface area (Å²) in [5, 5.41) is 0. The largest absolute Gasteiger partial charge is 0.462 e. The molecule has 0 rings (SSSR count). The molecule has 0 aliphatic carbocycles. The Balaban J connectivity index is 4.29. The van der Waals surface area contributed by atoms with E-state index in [2.05, 4.69) is 27.7 Å². The van der Waals surface area contributed by atoms with Crippen molar-refractivity contribution in [2.75, 3.05) is 13.2 Å². The fourth-order valence-electron chi connectivity index (χ4n) is 10.5. The number of rotatable bonds is 62. The Labute approximate surface area is 457 Å². The zero-order valence-electron chi connectivity index (χ0n) is 50.1. The molecular formula is C67H130O6. The minimum Gasteiger partial charge on any atom is -0.462 e. The monoisotopic (exact) mass is 1030 g/mol. The number of esters is 3. The van der Waals surface area contributed by atoms with Crippen LogP contribution in [0.4, 0.5) is 0 Å². The zero-order chi connectivity index (χ0) is 53.0. The van der Waals surface area contributed by atoms with Crippen molar-refractivity contribution in [2.45, 2.75) is 393 Å². The first-order valence-corrected chi connectivity index (χ1v) is 33.4. The van der Waals surface area contributed by atoms with Gasteiger partial charge in [-0.1, -0.05) is 349 Å². The van der Waals surface area contributed by atoms with Gasteiger partial charge in [-0.15, -0.1) is 0 Å². The predicted molar refractivity (Wildman–Crippen MR) is 317 cm³/mol. The highest BCUT2D eigenvalue weighted by molar-refractivity contribution is 5.71. The van der Waals surface area contributed by atoms with Crippen molar-refractivity contribution in [3.05, 3.63) is 0 Å². The van der Waals surface area contributed by atoms with Crippen LogP contribution in [-0.2, 0) is 28.6 Å². The van der Waals surface area contributed by atoms with Crippen molar-refractivity contribution < 1.29 is 28.6 Å². The first-order chi connectivity index (χ1) is 35.9. The Hall–Kier alpha value is -1.59. The highest BCUT2D eigenvalue weighted by atomic mass is 16.6. The second-order valence-electron chi connectivity index (χ2n) is 23.4. The van der Waals surface area contributed by atoms with Crippen molar-refractivity contribution in [3.8, 4) is 0 Å². The summed E-state index contributed by atoms with van der Waals surface area (Å²) in [6, 6.07) is 0. The molecule has 0 heterocycles. The van der Waals surface area contributed by atoms with E-state index in [1.54, 1.807) is 0 Å². The minimum absolute atomic E-state index is 0.0609. The standard InChI is InChI=1S/C67H130O6/c1-5-8-10-12-14-16-18-20-22-24-26-28-30-36-40-44-48-52-56-60-67(70)73-64(61-71-65(68)58-54-50-46-42-38-34-29-27-25-23-21-19-17-15-13-11-9-6-2)62-72-66(69)59-55-51-47-43-39-35-32-31-33-37-41-45-49-53-57-63(4)7-3/h63-64H,5-62H2,1-4H3/t63?,64-/m0/s1. The minimum atomic E-state index is -0.763. The quantitative estimate of drug-likeness (QED) is 0.0343. The van der Waals surface area contributed by atoms with E-state index in [1.807, 2.05) is 0 Å². The number of hydrogen-bond acceptors (Lipinski definition) is 6. The lowest BCUT2D eigenvalue weighted by Gasteiger charge is -2.18. The molecule has 0 aliphatic rings. The molecule has 0 aromatic rings. The molecule has 0 fully saturated rings. The van der Waals surface area contributed by atoms with Gasteiger partial charge in [0.1, 0.15) is 13.2 Å². The van der Waals surface area contributed by atoms with Crippen LogP contribution in [-0.4, -0.2) is 37.2 Å². The Kier molecular flexibility index (Phi) is 59.9. The maximum absolute atomic E-state index is 12.9. The smallest absolute Gasteiger partial charge is 0.306 e. The molecule has 0 bridgehead atoms. The number of ether oxygens (including phenoxy) is 3. The van der Waals surface area contributed by atoms with Crippen molar-refractivity contribution in [1.82, 2.24) is 0 Å². The van der Waals surface area contributed by atoms with Crippen LogP contribution in [0.3, 0.4) is 0 Å². The van der Waals surface area contributed by atoms with Gasteiger partial charge in [-0.25, -0.2) is 0 Å². The van der Waals surface area contributed by atoms with Gasteiger partial charge in [0.2, 0.25) is 0 Å². The molecular weight excluding hydrogens is 901 g/mol. The van der Waals surface area contributed by atoms with E-state index >= 15 is 0 Å². The van der Waals surface area contributed by atoms with Crippen LogP contribution < -0.4 is 0 Å². The number of unbranched alkanes of at least 4 members (excludes halogenated alkanes) is 48. The van der Waals surface area contributed by atoms with Gasteiger partial charge in [-0.2, -0.15) is 0 Å². The van der Waals surface area contributed by atoms with E-state index in [1.165, 1.54) is 283 Å². The van der Waals surface area contributed by atoms with E-state index in [4.69, 9.17) is 14.2 Å². The van der Waals surface area contributed by atoms with Gasteiger partial charge in [0.25, 0.3) is 0 Å². The molecule has 2 atom stereocenters. The van der Waals surface area contributed by atoms with Crippen LogP contribution in [0.15, 0.2) is 0 Å². The summed E-state index contributed by atoms with van der Waals surface area (Å²) < 4.78 is 17.0. The Morgan fingerprint density at radius 2 is 0.479 bits per heavy atom. The lowest BCUT2D eigenvalue weighted by molar-refractivity contribution is -0.167. The molecule has 0 aliphatic heterocycles. The highest BCUT2D eigenvalue weighted by Gasteiger charge is 2.19. The lowest BCUT2D eigenvalue weighted by Crippen LogP contribution is -2.30. The summed E-state index contributed by atoms with van der Waals surface area (Å²) >= 11 is 0. The lowest BCUT2D eigenvalue weighted by atomic mass is 9.99. The average Bonchev–Trinajstić information content (AvgIpc) is 3.39. The fraction of sp³-hybridized carbons (Fsp3) is 0.955. The Bertz CT molecular complexity index is 1110. The molecule has 6 nitrogen and oxygen atoms in total. The normalized spacial score (nSPS) is 12.3. The molecule has 1 unspecified atom stereocenters. The summed E-state index contributed by atoms with van der Waals surface area (Å²) in [6.45, 7) is 9.14. The van der Waals surface area contributed by atoms with Gasteiger partial charge in [-0.05, 0) is 25.2 Å². The second-order valence-corrected chi connectivity index (χ2v) is 23.4. The second kappa shape index (κ2) is 61.3. The highest BCUT2D eigenvalue weighted by Crippen LogP contribution is 2.19. The molecule has 0 saturated heterocycles. The van der Waals surface area contributed by atoms with Crippen LogP contribution in [0.25, 0.3) is 0 Å². The van der Waals surface area contributed by atoms with Crippen molar-refractivity contribution in [1.29, 1.82) is 0 Å². The Morgan fingerprint density at radius 1 is 0.274 bits per heavy atom. The van der Waals surface area contributed by atoms with Crippen LogP contribution in [0.2, 0.25) is 0 Å². The fourth-order valence-corrected chi connectivity index (χ4v) is 10.5. The molecule has 434 valence electrons. The number of carbonyl (C=O) groups is 3. The van der Waals surface area contributed by atoms with Crippen LogP contribution in [0.5, 0.6) is 0 Å². The number of carbonyl (C=O) groups excluding carboxylic acids is 3. The third kappa shape index (κ3) is 59.5. The average molecular weight is 1030 g/mol. The molecule has 0 radical (unpaired) electrons. The van der Waals surface area contributed by atoms with Gasteiger partial charge in [0.15, 0.2) is 6.10 Å². The molecule has 0 N–H and O–H groups in total. The molecule has 0 spiro atoms. The molecule has 0 aromatic heterocycles. The summed E-state index contributed by atoms with van der Waals surface area (Å²) in [4.78, 5) is 38.4. The molecule has 6 heteroatoms. The Morgan fingerprint density at radius 3 is 0.712 bits per heavy atom. The topological polar surface area (TPSA) is 78.9 Å². The summed E-state index contributed by atoms with van der Waals surface area (Å²) in [5.41, 5.74) is 0. The zero-order valence-corrected chi connectivity index (χ0v) is 50.1. The van der Waals surface area contributed by atoms with Gasteiger partial charge in [-0.3, -0.25) is 14.4 Å². The van der Waals surface area contributed by atoms with Gasteiger partial charge >= 0.3 is 17.9 Å². The summed E-state index contributed by atoms with van der Waals surface area (Å²) in [5.74, 6) is 0.0715. The third-order valence-electron chi connectivity index (χ3n) is 15.9. The van der Waals surface area contributed by atoms with E-state index in [9.17, 15) is 14.4 Å². The number of hydrogen-bond donors (Lipinski definition) is 0.